The fraction of sp³-hybridized carbons (Fsp3) is 0.273. The molecule has 0 bridgehead atoms. The van der Waals surface area contributed by atoms with Crippen LogP contribution in [0.5, 0.6) is 0 Å². The third-order valence-corrected chi connectivity index (χ3v) is 6.42. The lowest BCUT2D eigenvalue weighted by Gasteiger charge is -2.01. The van der Waals surface area contributed by atoms with Crippen LogP contribution in [0.3, 0.4) is 0 Å². The molecule has 9 heteroatoms. The third-order valence-electron chi connectivity index (χ3n) is 2.60. The van der Waals surface area contributed by atoms with Gasteiger partial charge < -0.3 is 0 Å². The lowest BCUT2D eigenvalue weighted by molar-refractivity contribution is 0.583. The fourth-order valence-corrected chi connectivity index (χ4v) is 4.97. The number of rotatable bonds is 4. The van der Waals surface area contributed by atoms with Crippen molar-refractivity contribution in [3.05, 3.63) is 33.9 Å². The first kappa shape index (κ1) is 13.7. The van der Waals surface area contributed by atoms with E-state index in [0.717, 1.165) is 15.5 Å². The van der Waals surface area contributed by atoms with E-state index in [9.17, 15) is 8.42 Å². The summed E-state index contributed by atoms with van der Waals surface area (Å²) in [5.41, 5.74) is 0.893. The molecule has 3 rings (SSSR count). The highest BCUT2D eigenvalue weighted by molar-refractivity contribution is 7.91. The van der Waals surface area contributed by atoms with Crippen molar-refractivity contribution in [1.29, 1.82) is 0 Å². The van der Waals surface area contributed by atoms with Crippen LogP contribution in [0.4, 0.5) is 0 Å². The Bertz CT molecular complexity index is 828. The molecule has 106 valence electrons. The van der Waals surface area contributed by atoms with Crippen molar-refractivity contribution >= 4 is 37.7 Å². The van der Waals surface area contributed by atoms with Crippen LogP contribution in [0.25, 0.3) is 4.96 Å². The van der Waals surface area contributed by atoms with Gasteiger partial charge in [0, 0.05) is 4.88 Å². The van der Waals surface area contributed by atoms with Crippen molar-refractivity contribution in [2.24, 2.45) is 0 Å². The highest BCUT2D eigenvalue weighted by Gasteiger charge is 2.17. The van der Waals surface area contributed by atoms with E-state index >= 15 is 0 Å². The minimum atomic E-state index is -3.46. The minimum Gasteiger partial charge on any atom is -0.223 e. The zero-order valence-electron chi connectivity index (χ0n) is 10.8. The van der Waals surface area contributed by atoms with Crippen molar-refractivity contribution < 1.29 is 8.42 Å². The number of aromatic nitrogens is 3. The van der Waals surface area contributed by atoms with E-state index < -0.39 is 10.0 Å². The molecular formula is C11H12N4O2S3. The second kappa shape index (κ2) is 4.92. The largest absolute Gasteiger partial charge is 0.250 e. The van der Waals surface area contributed by atoms with Crippen LogP contribution in [-0.4, -0.2) is 23.0 Å². The highest BCUT2D eigenvalue weighted by Crippen LogP contribution is 2.21. The average Bonchev–Trinajstić information content (AvgIpc) is 3.01. The second-order valence-electron chi connectivity index (χ2n) is 4.29. The van der Waals surface area contributed by atoms with Crippen molar-refractivity contribution in [2.45, 2.75) is 24.6 Å². The van der Waals surface area contributed by atoms with Crippen LogP contribution in [0.15, 0.2) is 22.5 Å². The highest BCUT2D eigenvalue weighted by atomic mass is 32.2. The molecule has 0 amide bonds. The Labute approximate surface area is 124 Å². The Morgan fingerprint density at radius 2 is 2.10 bits per heavy atom. The molecular weight excluding hydrogens is 316 g/mol. The molecule has 1 N–H and O–H groups in total. The first-order valence-electron chi connectivity index (χ1n) is 5.82. The molecule has 3 aromatic heterocycles. The van der Waals surface area contributed by atoms with Gasteiger partial charge in [-0.15, -0.1) is 11.3 Å². The van der Waals surface area contributed by atoms with Gasteiger partial charge in [0.15, 0.2) is 0 Å². The second-order valence-corrected chi connectivity index (χ2v) is 8.62. The third kappa shape index (κ3) is 2.62. The number of nitrogens with one attached hydrogen (secondary N) is 1. The zero-order valence-corrected chi connectivity index (χ0v) is 13.3. The zero-order chi connectivity index (χ0) is 14.3. The average molecular weight is 328 g/mol. The molecule has 3 aromatic rings. The summed E-state index contributed by atoms with van der Waals surface area (Å²) >= 11 is 2.63. The SMILES string of the molecule is Cc1cn2nc(CNS(=O)(=O)c3ccc(C)s3)sc2n1. The predicted molar refractivity (Wildman–Crippen MR) is 78.7 cm³/mol. The molecule has 0 radical (unpaired) electrons. The maximum absolute atomic E-state index is 12.1. The van der Waals surface area contributed by atoms with Crippen molar-refractivity contribution in [3.8, 4) is 0 Å². The van der Waals surface area contributed by atoms with E-state index in [4.69, 9.17) is 0 Å². The first-order valence-corrected chi connectivity index (χ1v) is 8.93. The molecule has 0 unspecified atom stereocenters. The molecule has 0 saturated heterocycles. The lowest BCUT2D eigenvalue weighted by atomic mass is 10.5. The van der Waals surface area contributed by atoms with E-state index in [0.29, 0.717) is 9.22 Å². The molecule has 0 aliphatic heterocycles. The summed E-state index contributed by atoms with van der Waals surface area (Å²) in [5, 5.41) is 4.97. The van der Waals surface area contributed by atoms with Gasteiger partial charge in [-0.25, -0.2) is 22.6 Å². The molecule has 0 aliphatic carbocycles. The molecule has 0 atom stereocenters. The molecule has 0 spiro atoms. The van der Waals surface area contributed by atoms with Crippen LogP contribution in [0.1, 0.15) is 15.6 Å². The smallest absolute Gasteiger partial charge is 0.223 e. The van der Waals surface area contributed by atoms with Crippen LogP contribution < -0.4 is 4.72 Å². The Balaban J connectivity index is 1.76. The number of hydrogen-bond donors (Lipinski definition) is 1. The van der Waals surface area contributed by atoms with Gasteiger partial charge in [0.1, 0.15) is 9.22 Å². The summed E-state index contributed by atoms with van der Waals surface area (Å²) in [6.07, 6.45) is 1.81. The summed E-state index contributed by atoms with van der Waals surface area (Å²) < 4.78 is 28.7. The molecule has 6 nitrogen and oxygen atoms in total. The van der Waals surface area contributed by atoms with Crippen LogP contribution >= 0.6 is 22.7 Å². The maximum atomic E-state index is 12.1. The van der Waals surface area contributed by atoms with Crippen LogP contribution in [0.2, 0.25) is 0 Å². The van der Waals surface area contributed by atoms with Crippen LogP contribution in [-0.2, 0) is 16.6 Å². The van der Waals surface area contributed by atoms with Crippen molar-refractivity contribution in [3.63, 3.8) is 0 Å². The fourth-order valence-electron chi connectivity index (χ4n) is 1.71. The van der Waals surface area contributed by atoms with Crippen molar-refractivity contribution in [1.82, 2.24) is 19.3 Å². The van der Waals surface area contributed by atoms with Gasteiger partial charge in [0.2, 0.25) is 15.0 Å². The summed E-state index contributed by atoms with van der Waals surface area (Å²) in [4.78, 5) is 6.02. The van der Waals surface area contributed by atoms with Gasteiger partial charge >= 0.3 is 0 Å². The van der Waals surface area contributed by atoms with E-state index in [1.165, 1.54) is 22.7 Å². The quantitative estimate of drug-likeness (QED) is 0.794. The molecule has 3 heterocycles. The maximum Gasteiger partial charge on any atom is 0.250 e. The monoisotopic (exact) mass is 328 g/mol. The summed E-state index contributed by atoms with van der Waals surface area (Å²) in [5.74, 6) is 0. The van der Waals surface area contributed by atoms with Crippen molar-refractivity contribution in [2.75, 3.05) is 0 Å². The van der Waals surface area contributed by atoms with Gasteiger partial charge in [-0.05, 0) is 26.0 Å². The number of aryl methyl sites for hydroxylation is 2. The van der Waals surface area contributed by atoms with Gasteiger partial charge in [-0.2, -0.15) is 5.10 Å². The van der Waals surface area contributed by atoms with Crippen LogP contribution in [0, 0.1) is 13.8 Å². The Morgan fingerprint density at radius 3 is 2.75 bits per heavy atom. The number of sulfonamides is 1. The Morgan fingerprint density at radius 1 is 1.30 bits per heavy atom. The first-order chi connectivity index (χ1) is 9.44. The standard InChI is InChI=1S/C11H12N4O2S3/c1-7-6-15-11(13-7)19-9(14-15)5-12-20(16,17)10-4-3-8(2)18-10/h3-4,6,12H,5H2,1-2H3. The number of hydrogen-bond acceptors (Lipinski definition) is 6. The van der Waals surface area contributed by atoms with E-state index in [2.05, 4.69) is 14.8 Å². The molecule has 0 aromatic carbocycles. The summed E-state index contributed by atoms with van der Waals surface area (Å²) in [6, 6.07) is 3.40. The normalized spacial score (nSPS) is 12.3. The minimum absolute atomic E-state index is 0.173. The van der Waals surface area contributed by atoms with Gasteiger partial charge in [-0.3, -0.25) is 0 Å². The van der Waals surface area contributed by atoms with Gasteiger partial charge in [0.25, 0.3) is 0 Å². The van der Waals surface area contributed by atoms with Gasteiger partial charge in [-0.1, -0.05) is 11.3 Å². The Kier molecular flexibility index (Phi) is 3.36. The summed E-state index contributed by atoms with van der Waals surface area (Å²) in [6.45, 7) is 3.94. The summed E-state index contributed by atoms with van der Waals surface area (Å²) in [7, 11) is -3.46. The molecule has 0 aliphatic rings. The van der Waals surface area contributed by atoms with E-state index in [1.54, 1.807) is 16.6 Å². The van der Waals surface area contributed by atoms with E-state index in [-0.39, 0.29) is 6.54 Å². The number of nitrogens with zero attached hydrogens (tertiary/aromatic N) is 3. The number of imidazole rings is 1. The van der Waals surface area contributed by atoms with Gasteiger partial charge in [0.05, 0.1) is 18.4 Å². The Hall–Kier alpha value is -1.29. The molecule has 0 fully saturated rings. The lowest BCUT2D eigenvalue weighted by Crippen LogP contribution is -2.22. The van der Waals surface area contributed by atoms with E-state index in [1.807, 2.05) is 20.0 Å². The molecule has 20 heavy (non-hydrogen) atoms. The molecule has 0 saturated carbocycles. The number of fused-ring (bicyclic) bond motifs is 1. The topological polar surface area (TPSA) is 76.4 Å². The number of thiophene rings is 1. The predicted octanol–water partition coefficient (Wildman–Crippen LogP) is 1.95.